The largest absolute Gasteiger partial charge is 0.455 e. The van der Waals surface area contributed by atoms with Crippen LogP contribution in [0.3, 0.4) is 0 Å². The summed E-state index contributed by atoms with van der Waals surface area (Å²) >= 11 is 0. The number of rotatable bonds is 2. The van der Waals surface area contributed by atoms with Crippen molar-refractivity contribution in [3.05, 3.63) is 96.7 Å². The van der Waals surface area contributed by atoms with Gasteiger partial charge in [-0.25, -0.2) is 0 Å². The Morgan fingerprint density at radius 3 is 2.39 bits per heavy atom. The van der Waals surface area contributed by atoms with E-state index in [9.17, 15) is 0 Å². The van der Waals surface area contributed by atoms with Crippen LogP contribution in [0.4, 0.5) is 0 Å². The van der Waals surface area contributed by atoms with Gasteiger partial charge in [0.25, 0.3) is 0 Å². The Bertz CT molecular complexity index is 1290. The molecule has 28 heavy (non-hydrogen) atoms. The standard InChI is InChI=1S/C25H20N2O/c1-2-9-18-16(7-1)19(15-20-17-8-3-4-11-24(17)28-25(18)20)21-12-13-23(27-21)22-10-5-6-14-26-22/h1-15,21-23,26-27H. The average Bonchev–Trinajstić information content (AvgIpc) is 3.39. The van der Waals surface area contributed by atoms with Crippen molar-refractivity contribution in [1.82, 2.24) is 10.6 Å². The molecule has 3 unspecified atom stereocenters. The summed E-state index contributed by atoms with van der Waals surface area (Å²) in [7, 11) is 0. The predicted molar refractivity (Wildman–Crippen MR) is 115 cm³/mol. The van der Waals surface area contributed by atoms with Crippen molar-refractivity contribution in [3.63, 3.8) is 0 Å². The van der Waals surface area contributed by atoms with Gasteiger partial charge in [-0.1, -0.05) is 66.8 Å². The molecule has 2 aliphatic heterocycles. The minimum absolute atomic E-state index is 0.175. The summed E-state index contributed by atoms with van der Waals surface area (Å²) in [5.74, 6) is 0. The Kier molecular flexibility index (Phi) is 3.43. The highest BCUT2D eigenvalue weighted by Crippen LogP contribution is 2.38. The Hall–Kier alpha value is -3.30. The van der Waals surface area contributed by atoms with Crippen molar-refractivity contribution in [3.8, 4) is 0 Å². The summed E-state index contributed by atoms with van der Waals surface area (Å²) in [6.07, 6.45) is 12.9. The van der Waals surface area contributed by atoms with Crippen molar-refractivity contribution < 1.29 is 4.42 Å². The number of para-hydroxylation sites is 1. The first-order chi connectivity index (χ1) is 13.9. The first-order valence-corrected chi connectivity index (χ1v) is 9.75. The molecule has 0 saturated carbocycles. The molecule has 4 aromatic rings. The highest BCUT2D eigenvalue weighted by atomic mass is 16.3. The van der Waals surface area contributed by atoms with Gasteiger partial charge in [0.15, 0.2) is 0 Å². The van der Waals surface area contributed by atoms with E-state index in [4.69, 9.17) is 4.42 Å². The smallest absolute Gasteiger partial charge is 0.143 e. The maximum Gasteiger partial charge on any atom is 0.143 e. The number of allylic oxidation sites excluding steroid dienone is 2. The van der Waals surface area contributed by atoms with Crippen LogP contribution in [0.5, 0.6) is 0 Å². The van der Waals surface area contributed by atoms with Crippen LogP contribution in [0, 0.1) is 0 Å². The minimum atomic E-state index is 0.175. The van der Waals surface area contributed by atoms with Gasteiger partial charge in [-0.2, -0.15) is 0 Å². The van der Waals surface area contributed by atoms with Gasteiger partial charge in [-0.3, -0.25) is 5.32 Å². The second-order valence-corrected chi connectivity index (χ2v) is 7.48. The van der Waals surface area contributed by atoms with Gasteiger partial charge in [0.2, 0.25) is 0 Å². The lowest BCUT2D eigenvalue weighted by atomic mass is 9.96. The van der Waals surface area contributed by atoms with Crippen LogP contribution in [-0.2, 0) is 0 Å². The van der Waals surface area contributed by atoms with E-state index in [-0.39, 0.29) is 18.1 Å². The van der Waals surface area contributed by atoms with E-state index in [0.29, 0.717) is 0 Å². The number of furan rings is 1. The monoisotopic (exact) mass is 364 g/mol. The summed E-state index contributed by atoms with van der Waals surface area (Å²) in [6.45, 7) is 0. The van der Waals surface area contributed by atoms with Gasteiger partial charge in [-0.15, -0.1) is 0 Å². The molecule has 3 nitrogen and oxygen atoms in total. The molecular weight excluding hydrogens is 344 g/mol. The predicted octanol–water partition coefficient (Wildman–Crippen LogP) is 5.35. The molecule has 2 N–H and O–H groups in total. The van der Waals surface area contributed by atoms with E-state index in [1.165, 1.54) is 27.1 Å². The molecule has 1 aromatic heterocycles. The van der Waals surface area contributed by atoms with Crippen molar-refractivity contribution in [2.24, 2.45) is 0 Å². The van der Waals surface area contributed by atoms with Crippen molar-refractivity contribution in [1.29, 1.82) is 0 Å². The molecule has 3 atom stereocenters. The molecule has 0 aliphatic carbocycles. The van der Waals surface area contributed by atoms with E-state index in [0.717, 1.165) is 11.2 Å². The van der Waals surface area contributed by atoms with Crippen molar-refractivity contribution >= 4 is 32.7 Å². The van der Waals surface area contributed by atoms with Crippen molar-refractivity contribution in [2.75, 3.05) is 0 Å². The summed E-state index contributed by atoms with van der Waals surface area (Å²) < 4.78 is 6.23. The van der Waals surface area contributed by atoms with Crippen LogP contribution in [-0.4, -0.2) is 12.1 Å². The highest BCUT2D eigenvalue weighted by Gasteiger charge is 2.27. The van der Waals surface area contributed by atoms with Gasteiger partial charge < -0.3 is 9.73 Å². The van der Waals surface area contributed by atoms with Gasteiger partial charge in [0.05, 0.1) is 12.1 Å². The molecule has 0 spiro atoms. The second-order valence-electron chi connectivity index (χ2n) is 7.48. The molecule has 2 aliphatic rings. The number of nitrogens with one attached hydrogen (secondary N) is 2. The molecule has 3 heterocycles. The first-order valence-electron chi connectivity index (χ1n) is 9.75. The molecule has 3 aromatic carbocycles. The summed E-state index contributed by atoms with van der Waals surface area (Å²) in [5, 5.41) is 12.0. The van der Waals surface area contributed by atoms with Crippen LogP contribution >= 0.6 is 0 Å². The van der Waals surface area contributed by atoms with E-state index in [1.807, 2.05) is 24.4 Å². The number of benzene rings is 3. The molecule has 136 valence electrons. The van der Waals surface area contributed by atoms with Gasteiger partial charge in [-0.05, 0) is 35.4 Å². The molecule has 0 fully saturated rings. The molecule has 3 heteroatoms. The summed E-state index contributed by atoms with van der Waals surface area (Å²) in [5.41, 5.74) is 3.21. The normalized spacial score (nSPS) is 23.8. The minimum Gasteiger partial charge on any atom is -0.455 e. The number of dihydropyridines is 1. The molecule has 6 rings (SSSR count). The van der Waals surface area contributed by atoms with Crippen LogP contribution < -0.4 is 10.6 Å². The van der Waals surface area contributed by atoms with E-state index >= 15 is 0 Å². The lowest BCUT2D eigenvalue weighted by molar-refractivity contribution is 0.506. The number of hydrogen-bond acceptors (Lipinski definition) is 3. The molecule has 0 saturated heterocycles. The van der Waals surface area contributed by atoms with Crippen LogP contribution in [0.15, 0.2) is 95.6 Å². The zero-order chi connectivity index (χ0) is 18.5. The Morgan fingerprint density at radius 2 is 1.54 bits per heavy atom. The molecule has 0 amide bonds. The molecule has 0 radical (unpaired) electrons. The SMILES string of the molecule is C1=CNC(C2C=CC(c3cc4c5ccccc5oc4c4ccccc34)N2)C=C1. The molecular formula is C25H20N2O. The zero-order valence-corrected chi connectivity index (χ0v) is 15.3. The highest BCUT2D eigenvalue weighted by molar-refractivity contribution is 6.16. The third-order valence-corrected chi connectivity index (χ3v) is 5.84. The van der Waals surface area contributed by atoms with Crippen LogP contribution in [0.2, 0.25) is 0 Å². The fourth-order valence-electron chi connectivity index (χ4n) is 4.48. The van der Waals surface area contributed by atoms with E-state index < -0.39 is 0 Å². The Morgan fingerprint density at radius 1 is 0.714 bits per heavy atom. The lowest BCUT2D eigenvalue weighted by Gasteiger charge is -2.24. The molecule has 0 bridgehead atoms. The zero-order valence-electron chi connectivity index (χ0n) is 15.3. The first kappa shape index (κ1) is 15.7. The van der Waals surface area contributed by atoms with Gasteiger partial charge >= 0.3 is 0 Å². The topological polar surface area (TPSA) is 37.2 Å². The van der Waals surface area contributed by atoms with Crippen LogP contribution in [0.1, 0.15) is 11.6 Å². The second kappa shape index (κ2) is 6.11. The summed E-state index contributed by atoms with van der Waals surface area (Å²) in [6, 6.07) is 19.9. The van der Waals surface area contributed by atoms with Crippen LogP contribution in [0.25, 0.3) is 32.7 Å². The Labute approximate surface area is 163 Å². The van der Waals surface area contributed by atoms with Gasteiger partial charge in [0.1, 0.15) is 11.2 Å². The number of fused-ring (bicyclic) bond motifs is 5. The fourth-order valence-corrected chi connectivity index (χ4v) is 4.48. The van der Waals surface area contributed by atoms with E-state index in [2.05, 4.69) is 77.4 Å². The summed E-state index contributed by atoms with van der Waals surface area (Å²) in [4.78, 5) is 0. The maximum atomic E-state index is 6.23. The van der Waals surface area contributed by atoms with Crippen molar-refractivity contribution in [2.45, 2.75) is 18.1 Å². The Balaban J connectivity index is 1.50. The number of hydrogen-bond donors (Lipinski definition) is 2. The van der Waals surface area contributed by atoms with Gasteiger partial charge in [0, 0.05) is 22.2 Å². The fraction of sp³-hybridized carbons (Fsp3) is 0.120. The third kappa shape index (κ3) is 2.33. The van der Waals surface area contributed by atoms with E-state index in [1.54, 1.807) is 0 Å². The quantitative estimate of drug-likeness (QED) is 0.471. The maximum absolute atomic E-state index is 6.23. The third-order valence-electron chi connectivity index (χ3n) is 5.84. The lowest BCUT2D eigenvalue weighted by Crippen LogP contribution is -2.42. The average molecular weight is 364 g/mol.